The minimum Gasteiger partial charge on any atom is -0.783 e. The summed E-state index contributed by atoms with van der Waals surface area (Å²) in [5.41, 5.74) is -1.24. The van der Waals surface area contributed by atoms with Crippen molar-refractivity contribution in [2.24, 2.45) is 0 Å². The highest BCUT2D eigenvalue weighted by Crippen LogP contribution is 2.49. The van der Waals surface area contributed by atoms with Gasteiger partial charge in [0.15, 0.2) is 6.10 Å². The molecule has 0 N–H and O–H groups in total. The van der Waals surface area contributed by atoms with Gasteiger partial charge in [0, 0.05) is 23.3 Å². The van der Waals surface area contributed by atoms with Crippen LogP contribution in [0.1, 0.15) is 214 Å². The molecule has 1 rings (SSSR count). The van der Waals surface area contributed by atoms with Crippen LogP contribution in [0.3, 0.4) is 0 Å². The molecule has 1 aliphatic rings. The molecule has 0 spiro atoms. The third-order valence-electron chi connectivity index (χ3n) is 11.4. The topological polar surface area (TPSA) is 150 Å². The third-order valence-corrected chi connectivity index (χ3v) is 12.3. The number of likely N-dealkylation sites (N-methyl/N-ethyl adjacent to an activating group) is 1. The second-order valence-corrected chi connectivity index (χ2v) is 20.3. The number of hydroxylamine groups is 2. The molecular weight excluding hydrogens is 771 g/mol. The number of nitrogens with zero attached hydrogens (tertiary/aromatic N) is 2. The molecule has 0 aromatic heterocycles. The second kappa shape index (κ2) is 32.7. The fraction of sp³-hybridized carbons (Fsp3) is 0.957. The molecule has 12 nitrogen and oxygen atoms in total. The van der Waals surface area contributed by atoms with E-state index in [1.807, 2.05) is 35.0 Å². The number of hydrogen-bond acceptors (Lipinski definition) is 10. The highest BCUT2D eigenvalue weighted by atomic mass is 31.2. The number of ether oxygens (including phenoxy) is 3. The van der Waals surface area contributed by atoms with E-state index in [9.17, 15) is 24.6 Å². The van der Waals surface area contributed by atoms with E-state index in [1.165, 1.54) is 95.0 Å². The van der Waals surface area contributed by atoms with Crippen molar-refractivity contribution in [1.29, 1.82) is 0 Å². The molecule has 1 fully saturated rings. The van der Waals surface area contributed by atoms with Gasteiger partial charge in [0.25, 0.3) is 0 Å². The smallest absolute Gasteiger partial charge is 0.426 e. The summed E-state index contributed by atoms with van der Waals surface area (Å²) in [7, 11) is 1.10. The van der Waals surface area contributed by atoms with E-state index < -0.39 is 44.1 Å². The van der Waals surface area contributed by atoms with Crippen LogP contribution in [0.5, 0.6) is 0 Å². The summed E-state index contributed by atoms with van der Waals surface area (Å²) in [5, 5.41) is 14.5. The van der Waals surface area contributed by atoms with Gasteiger partial charge in [0.1, 0.15) is 32.1 Å². The van der Waals surface area contributed by atoms with E-state index in [0.29, 0.717) is 24.1 Å². The van der Waals surface area contributed by atoms with Gasteiger partial charge in [0.2, 0.25) is 0 Å². The Morgan fingerprint density at radius 3 is 1.51 bits per heavy atom. The van der Waals surface area contributed by atoms with Gasteiger partial charge in [0.05, 0.1) is 27.7 Å². The van der Waals surface area contributed by atoms with E-state index in [2.05, 4.69) is 13.8 Å². The predicted molar refractivity (Wildman–Crippen MR) is 236 cm³/mol. The zero-order valence-corrected chi connectivity index (χ0v) is 39.9. The SMILES string of the molecule is CCCCCCCCCCCCCCCC(=O)OCC(CO[P+]([O])([O-])OCC[N+](C)(C)C)OC(=O)CCCCCCCCC1(CCCCCCCC)OCC(C)(C)N1[O-]. The quantitative estimate of drug-likeness (QED) is 0.0252. The lowest BCUT2D eigenvalue weighted by atomic mass is 9.95. The molecule has 59 heavy (non-hydrogen) atoms. The van der Waals surface area contributed by atoms with Gasteiger partial charge >= 0.3 is 20.1 Å². The molecule has 0 aromatic rings. The van der Waals surface area contributed by atoms with Crippen LogP contribution in [0.4, 0.5) is 0 Å². The van der Waals surface area contributed by atoms with E-state index in [-0.39, 0.29) is 26.1 Å². The van der Waals surface area contributed by atoms with E-state index in [1.54, 1.807) is 0 Å². The maximum atomic E-state index is 13.3. The van der Waals surface area contributed by atoms with Gasteiger partial charge in [-0.2, -0.15) is 9.05 Å². The van der Waals surface area contributed by atoms with E-state index in [4.69, 9.17) is 23.3 Å². The highest BCUT2D eigenvalue weighted by molar-refractivity contribution is 7.52. The van der Waals surface area contributed by atoms with Gasteiger partial charge in [-0.25, -0.2) is 0 Å². The number of esters is 2. The second-order valence-electron chi connectivity index (χ2n) is 18.9. The van der Waals surface area contributed by atoms with Gasteiger partial charge < -0.3 is 33.9 Å². The molecule has 349 valence electrons. The maximum absolute atomic E-state index is 13.3. The minimum absolute atomic E-state index is 0.0497. The summed E-state index contributed by atoms with van der Waals surface area (Å²) < 4.78 is 27.8. The first-order valence-electron chi connectivity index (χ1n) is 23.9. The Balaban J connectivity index is 2.44. The normalized spacial score (nSPS) is 18.5. The monoisotopic (exact) mass is 862 g/mol. The van der Waals surface area contributed by atoms with Crippen LogP contribution in [-0.2, 0) is 37.7 Å². The van der Waals surface area contributed by atoms with Gasteiger partial charge in [-0.1, -0.05) is 149 Å². The molecular formula is C46H90N2O10P. The summed E-state index contributed by atoms with van der Waals surface area (Å²) in [6, 6.07) is 0. The Labute approximate surface area is 362 Å². The molecule has 0 aromatic carbocycles. The predicted octanol–water partition coefficient (Wildman–Crippen LogP) is 11.3. The molecule has 1 heterocycles. The summed E-state index contributed by atoms with van der Waals surface area (Å²) in [6.45, 7) is 8.46. The lowest BCUT2D eigenvalue weighted by molar-refractivity contribution is -0.870. The number of rotatable bonds is 40. The van der Waals surface area contributed by atoms with E-state index >= 15 is 0 Å². The Bertz CT molecular complexity index is 1060. The zero-order valence-electron chi connectivity index (χ0n) is 39.0. The van der Waals surface area contributed by atoms with Crippen molar-refractivity contribution in [1.82, 2.24) is 5.06 Å². The molecule has 0 aliphatic carbocycles. The maximum Gasteiger partial charge on any atom is 0.426 e. The largest absolute Gasteiger partial charge is 0.783 e. The van der Waals surface area contributed by atoms with Crippen molar-refractivity contribution >= 4 is 20.1 Å². The Hall–Kier alpha value is -0.950. The van der Waals surface area contributed by atoms with Crippen molar-refractivity contribution in [2.75, 3.05) is 54.1 Å². The average molecular weight is 862 g/mol. The number of carbonyl (C=O) groups is 2. The molecule has 0 amide bonds. The van der Waals surface area contributed by atoms with Crippen molar-refractivity contribution in [3.05, 3.63) is 5.21 Å². The van der Waals surface area contributed by atoms with Crippen LogP contribution in [-0.4, -0.2) is 93.0 Å². The third kappa shape index (κ3) is 29.1. The van der Waals surface area contributed by atoms with Crippen molar-refractivity contribution in [3.8, 4) is 0 Å². The first kappa shape index (κ1) is 56.1. The first-order chi connectivity index (χ1) is 28.1. The fourth-order valence-electron chi connectivity index (χ4n) is 7.56. The lowest BCUT2D eigenvalue weighted by Gasteiger charge is -2.48. The first-order valence-corrected chi connectivity index (χ1v) is 25.4. The lowest BCUT2D eigenvalue weighted by Crippen LogP contribution is -2.48. The number of carbonyl (C=O) groups excluding carboxylic acids is 2. The number of quaternary nitrogens is 1. The highest BCUT2D eigenvalue weighted by Gasteiger charge is 2.45. The number of hydrogen-bond donors (Lipinski definition) is 0. The summed E-state index contributed by atoms with van der Waals surface area (Å²) in [5.74, 6) is -0.899. The molecule has 0 saturated carbocycles. The fourth-order valence-corrected chi connectivity index (χ4v) is 8.28. The van der Waals surface area contributed by atoms with Gasteiger partial charge in [-0.05, 0) is 52.4 Å². The molecule has 2 unspecified atom stereocenters. The molecule has 1 saturated heterocycles. The Kier molecular flexibility index (Phi) is 31.1. The zero-order chi connectivity index (χ0) is 43.9. The summed E-state index contributed by atoms with van der Waals surface area (Å²) in [6.07, 6.45) is 28.9. The van der Waals surface area contributed by atoms with Crippen molar-refractivity contribution < 1.29 is 47.1 Å². The van der Waals surface area contributed by atoms with Gasteiger partial charge in [-0.15, -0.1) is 0 Å². The van der Waals surface area contributed by atoms with E-state index in [0.717, 1.165) is 77.0 Å². The molecule has 13 heteroatoms. The van der Waals surface area contributed by atoms with Crippen LogP contribution >= 0.6 is 8.17 Å². The molecule has 0 bridgehead atoms. The standard InChI is InChI=1S/C46H90N2O10P/c1-8-10-12-14-16-17-18-19-20-21-22-25-29-33-43(49)54-39-42(40-57-59(52,53)56-38-37-48(5,6)7)58-44(50)34-30-26-23-24-28-32-36-46(35-31-27-15-13-11-9-2)47(51)45(3,4)41-55-46/h42H,8-41H2,1-7H3. The van der Waals surface area contributed by atoms with Crippen molar-refractivity contribution in [2.45, 2.75) is 231 Å². The van der Waals surface area contributed by atoms with Crippen LogP contribution in [0.25, 0.3) is 0 Å². The Morgan fingerprint density at radius 1 is 0.661 bits per heavy atom. The summed E-state index contributed by atoms with van der Waals surface area (Å²) in [4.78, 5) is 50.3. The molecule has 2 atom stereocenters. The average Bonchev–Trinajstić information content (AvgIpc) is 3.40. The van der Waals surface area contributed by atoms with Crippen molar-refractivity contribution in [3.63, 3.8) is 0 Å². The minimum atomic E-state index is -4.66. The number of unbranched alkanes of at least 4 members (excludes halogenated alkanes) is 22. The Morgan fingerprint density at radius 2 is 1.08 bits per heavy atom. The van der Waals surface area contributed by atoms with Gasteiger partial charge in [-0.3, -0.25) is 9.59 Å². The van der Waals surface area contributed by atoms with Crippen LogP contribution in [0.2, 0.25) is 0 Å². The summed E-state index contributed by atoms with van der Waals surface area (Å²) >= 11 is 0. The molecule has 1 radical (unpaired) electrons. The van der Waals surface area contributed by atoms with Crippen LogP contribution in [0, 0.1) is 5.21 Å². The van der Waals surface area contributed by atoms with Crippen LogP contribution < -0.4 is 4.89 Å². The van der Waals surface area contributed by atoms with Crippen LogP contribution in [0.15, 0.2) is 0 Å². The molecule has 1 aliphatic heterocycles.